The van der Waals surface area contributed by atoms with Gasteiger partial charge in [-0.1, -0.05) is 26.2 Å². The van der Waals surface area contributed by atoms with E-state index in [0.717, 1.165) is 6.54 Å². The number of nitrogens with one attached hydrogen (secondary N) is 1. The van der Waals surface area contributed by atoms with Gasteiger partial charge in [0.2, 0.25) is 5.82 Å². The summed E-state index contributed by atoms with van der Waals surface area (Å²) < 4.78 is 1.70. The molecule has 2 atom stereocenters. The number of rotatable bonds is 5. The molecule has 1 N–H and O–H groups in total. The van der Waals surface area contributed by atoms with Gasteiger partial charge in [-0.25, -0.2) is 4.68 Å². The summed E-state index contributed by atoms with van der Waals surface area (Å²) in [7, 11) is 0. The Bertz CT molecular complexity index is 484. The Kier molecular flexibility index (Phi) is 4.62. The van der Waals surface area contributed by atoms with Crippen LogP contribution in [0.2, 0.25) is 0 Å². The number of nitrogens with zero attached hydrogens (tertiary/aromatic N) is 3. The van der Waals surface area contributed by atoms with E-state index in [1.54, 1.807) is 11.6 Å². The smallest absolute Gasteiger partial charge is 0.333 e. The van der Waals surface area contributed by atoms with Crippen molar-refractivity contribution in [3.63, 3.8) is 0 Å². The minimum Gasteiger partial charge on any atom is -0.364 e. The minimum atomic E-state index is -0.332. The normalized spacial score (nSPS) is 22.8. The van der Waals surface area contributed by atoms with Gasteiger partial charge in [-0.3, -0.25) is 10.1 Å². The summed E-state index contributed by atoms with van der Waals surface area (Å²) in [4.78, 5) is 10.9. The minimum absolute atomic E-state index is 0.121. The van der Waals surface area contributed by atoms with E-state index in [9.17, 15) is 10.1 Å². The molecule has 1 fully saturated rings. The van der Waals surface area contributed by atoms with E-state index in [-0.39, 0.29) is 10.6 Å². The lowest BCUT2D eigenvalue weighted by Crippen LogP contribution is -2.25. The molecule has 1 aromatic heterocycles. The molecule has 1 heterocycles. The number of nitro groups is 1. The van der Waals surface area contributed by atoms with Crippen molar-refractivity contribution in [3.05, 3.63) is 15.8 Å². The first kappa shape index (κ1) is 14.8. The van der Waals surface area contributed by atoms with Gasteiger partial charge >= 0.3 is 5.69 Å². The summed E-state index contributed by atoms with van der Waals surface area (Å²) in [5.74, 6) is 1.85. The van der Waals surface area contributed by atoms with Crippen LogP contribution in [0, 0.1) is 28.9 Å². The van der Waals surface area contributed by atoms with Crippen LogP contribution in [0.4, 0.5) is 11.5 Å². The van der Waals surface area contributed by atoms with Crippen molar-refractivity contribution < 1.29 is 4.92 Å². The zero-order valence-electron chi connectivity index (χ0n) is 12.6. The van der Waals surface area contributed by atoms with Crippen LogP contribution in [0.5, 0.6) is 0 Å². The van der Waals surface area contributed by atoms with E-state index < -0.39 is 0 Å². The topological polar surface area (TPSA) is 73.0 Å². The fourth-order valence-corrected chi connectivity index (χ4v) is 3.12. The molecule has 20 heavy (non-hydrogen) atoms. The maximum atomic E-state index is 11.2. The van der Waals surface area contributed by atoms with Crippen LogP contribution in [0.15, 0.2) is 0 Å². The van der Waals surface area contributed by atoms with E-state index >= 15 is 0 Å². The van der Waals surface area contributed by atoms with Gasteiger partial charge in [0.25, 0.3) is 0 Å². The zero-order valence-corrected chi connectivity index (χ0v) is 12.6. The molecule has 0 amide bonds. The first-order valence-corrected chi connectivity index (χ1v) is 7.50. The average Bonchev–Trinajstić information content (AvgIpc) is 2.74. The van der Waals surface area contributed by atoms with Crippen molar-refractivity contribution >= 4 is 11.5 Å². The van der Waals surface area contributed by atoms with Gasteiger partial charge < -0.3 is 5.32 Å². The van der Waals surface area contributed by atoms with Crippen LogP contribution in [-0.2, 0) is 6.54 Å². The summed E-state index contributed by atoms with van der Waals surface area (Å²) in [6, 6.07) is 0. The van der Waals surface area contributed by atoms with Crippen molar-refractivity contribution in [1.29, 1.82) is 0 Å². The molecule has 2 rings (SSSR count). The first-order valence-electron chi connectivity index (χ1n) is 7.50. The lowest BCUT2D eigenvalue weighted by atomic mass is 9.80. The van der Waals surface area contributed by atoms with Gasteiger partial charge in [-0.05, 0) is 32.1 Å². The van der Waals surface area contributed by atoms with Crippen LogP contribution in [0.1, 0.15) is 45.2 Å². The standard InChI is InChI=1S/C14H24N4O2/c1-4-17-14(13(18(19)20)11(3)16-17)15-9-12-8-6-5-7-10(12)2/h10,12,15H,4-9H2,1-3H3. The van der Waals surface area contributed by atoms with Crippen LogP contribution in [-0.4, -0.2) is 21.2 Å². The number of hydrogen-bond donors (Lipinski definition) is 1. The highest BCUT2D eigenvalue weighted by Gasteiger charge is 2.27. The molecule has 0 radical (unpaired) electrons. The van der Waals surface area contributed by atoms with Gasteiger partial charge in [0.1, 0.15) is 5.69 Å². The highest BCUT2D eigenvalue weighted by Crippen LogP contribution is 2.32. The summed E-state index contributed by atoms with van der Waals surface area (Å²) >= 11 is 0. The molecule has 1 aromatic rings. The molecule has 0 saturated heterocycles. The quantitative estimate of drug-likeness (QED) is 0.663. The van der Waals surface area contributed by atoms with E-state index in [4.69, 9.17) is 0 Å². The zero-order chi connectivity index (χ0) is 14.7. The van der Waals surface area contributed by atoms with Crippen LogP contribution in [0.3, 0.4) is 0 Å². The molecule has 0 bridgehead atoms. The molecule has 0 aromatic carbocycles. The average molecular weight is 280 g/mol. The van der Waals surface area contributed by atoms with Gasteiger partial charge in [-0.2, -0.15) is 5.10 Å². The molecular formula is C14H24N4O2. The number of aryl methyl sites for hydroxylation is 2. The number of anilines is 1. The SMILES string of the molecule is CCn1nc(C)c([N+](=O)[O-])c1NCC1CCCCC1C. The molecule has 1 aliphatic carbocycles. The van der Waals surface area contributed by atoms with Crippen LogP contribution < -0.4 is 5.32 Å². The summed E-state index contributed by atoms with van der Waals surface area (Å²) in [6.45, 7) is 7.36. The second kappa shape index (κ2) is 6.24. The lowest BCUT2D eigenvalue weighted by Gasteiger charge is -2.29. The Morgan fingerprint density at radius 2 is 2.15 bits per heavy atom. The predicted octanol–water partition coefficient (Wildman–Crippen LogP) is 3.36. The lowest BCUT2D eigenvalue weighted by molar-refractivity contribution is -0.384. The van der Waals surface area contributed by atoms with Gasteiger partial charge in [0.05, 0.1) is 4.92 Å². The fraction of sp³-hybridized carbons (Fsp3) is 0.786. The van der Waals surface area contributed by atoms with Gasteiger partial charge in [0.15, 0.2) is 0 Å². The Balaban J connectivity index is 2.13. The second-order valence-corrected chi connectivity index (χ2v) is 5.76. The van der Waals surface area contributed by atoms with Crippen molar-refractivity contribution in [2.24, 2.45) is 11.8 Å². The highest BCUT2D eigenvalue weighted by atomic mass is 16.6. The number of hydrogen-bond acceptors (Lipinski definition) is 4. The Morgan fingerprint density at radius 1 is 1.45 bits per heavy atom. The third-order valence-electron chi connectivity index (χ3n) is 4.40. The molecule has 2 unspecified atom stereocenters. The van der Waals surface area contributed by atoms with E-state index in [2.05, 4.69) is 17.3 Å². The molecule has 6 heteroatoms. The third-order valence-corrected chi connectivity index (χ3v) is 4.40. The number of aromatic nitrogens is 2. The van der Waals surface area contributed by atoms with Crippen molar-refractivity contribution in [3.8, 4) is 0 Å². The summed E-state index contributed by atoms with van der Waals surface area (Å²) in [5.41, 5.74) is 0.603. The molecule has 0 spiro atoms. The van der Waals surface area contributed by atoms with Crippen molar-refractivity contribution in [2.45, 2.75) is 53.0 Å². The first-order chi connectivity index (χ1) is 9.54. The molecule has 1 saturated carbocycles. The Labute approximate surface area is 119 Å². The van der Waals surface area contributed by atoms with Gasteiger partial charge in [-0.15, -0.1) is 0 Å². The largest absolute Gasteiger partial charge is 0.364 e. The van der Waals surface area contributed by atoms with Gasteiger partial charge in [0, 0.05) is 13.1 Å². The fourth-order valence-electron chi connectivity index (χ4n) is 3.12. The maximum Gasteiger partial charge on any atom is 0.333 e. The molecule has 112 valence electrons. The highest BCUT2D eigenvalue weighted by molar-refractivity contribution is 5.59. The monoisotopic (exact) mass is 280 g/mol. The maximum absolute atomic E-state index is 11.2. The molecule has 0 aliphatic heterocycles. The van der Waals surface area contributed by atoms with Crippen LogP contribution in [0.25, 0.3) is 0 Å². The van der Waals surface area contributed by atoms with Crippen molar-refractivity contribution in [2.75, 3.05) is 11.9 Å². The Morgan fingerprint density at radius 3 is 2.75 bits per heavy atom. The van der Waals surface area contributed by atoms with Crippen molar-refractivity contribution in [1.82, 2.24) is 9.78 Å². The molecule has 6 nitrogen and oxygen atoms in total. The summed E-state index contributed by atoms with van der Waals surface area (Å²) in [5, 5.41) is 18.7. The van der Waals surface area contributed by atoms with E-state index in [1.165, 1.54) is 25.7 Å². The molecular weight excluding hydrogens is 256 g/mol. The molecule has 1 aliphatic rings. The van der Waals surface area contributed by atoms with E-state index in [0.29, 0.717) is 29.9 Å². The summed E-state index contributed by atoms with van der Waals surface area (Å²) in [6.07, 6.45) is 5.05. The van der Waals surface area contributed by atoms with E-state index in [1.807, 2.05) is 6.92 Å². The second-order valence-electron chi connectivity index (χ2n) is 5.76. The van der Waals surface area contributed by atoms with Crippen LogP contribution >= 0.6 is 0 Å². The Hall–Kier alpha value is -1.59. The predicted molar refractivity (Wildman–Crippen MR) is 78.9 cm³/mol. The third kappa shape index (κ3) is 2.94.